The third-order valence-corrected chi connectivity index (χ3v) is 6.39. The highest BCUT2D eigenvalue weighted by atomic mass is 16.5. The van der Waals surface area contributed by atoms with Crippen LogP contribution in [0.15, 0.2) is 18.2 Å². The molecule has 1 amide bonds. The van der Waals surface area contributed by atoms with Gasteiger partial charge < -0.3 is 10.1 Å². The summed E-state index contributed by atoms with van der Waals surface area (Å²) in [5, 5.41) is 3.24. The molecular weight excluding hydrogens is 314 g/mol. The third kappa shape index (κ3) is 3.31. The number of rotatable bonds is 4. The molecule has 4 aliphatic rings. The van der Waals surface area contributed by atoms with Crippen LogP contribution in [-0.2, 0) is 9.53 Å². The fraction of sp³-hybridized carbons (Fsp3) is 0.619. The van der Waals surface area contributed by atoms with Crippen molar-refractivity contribution in [2.45, 2.75) is 57.9 Å². The van der Waals surface area contributed by atoms with Crippen molar-refractivity contribution in [3.8, 4) is 0 Å². The number of nitrogens with one attached hydrogen (secondary N) is 1. The van der Waals surface area contributed by atoms with Crippen molar-refractivity contribution in [3.63, 3.8) is 0 Å². The van der Waals surface area contributed by atoms with E-state index in [1.54, 1.807) is 0 Å². The quantitative estimate of drug-likeness (QED) is 0.852. The second-order valence-corrected chi connectivity index (χ2v) is 8.64. The van der Waals surface area contributed by atoms with Gasteiger partial charge in [0.1, 0.15) is 0 Å². The van der Waals surface area contributed by atoms with Crippen molar-refractivity contribution in [1.82, 2.24) is 5.32 Å². The lowest BCUT2D eigenvalue weighted by atomic mass is 9.53. The van der Waals surface area contributed by atoms with Gasteiger partial charge in [-0.3, -0.25) is 4.79 Å². The van der Waals surface area contributed by atoms with Gasteiger partial charge in [0.25, 0.3) is 5.91 Å². The first-order valence-electron chi connectivity index (χ1n) is 9.48. The molecule has 0 heterocycles. The smallest absolute Gasteiger partial charge is 0.338 e. The van der Waals surface area contributed by atoms with Gasteiger partial charge >= 0.3 is 5.97 Å². The molecule has 0 aromatic heterocycles. The largest absolute Gasteiger partial charge is 0.452 e. The Morgan fingerprint density at radius 2 is 1.68 bits per heavy atom. The van der Waals surface area contributed by atoms with Crippen LogP contribution in [-0.4, -0.2) is 24.0 Å². The molecule has 4 fully saturated rings. The van der Waals surface area contributed by atoms with Gasteiger partial charge in [0, 0.05) is 5.54 Å². The van der Waals surface area contributed by atoms with E-state index >= 15 is 0 Å². The van der Waals surface area contributed by atoms with E-state index in [1.807, 2.05) is 32.0 Å². The number of benzene rings is 1. The zero-order valence-corrected chi connectivity index (χ0v) is 15.1. The molecular formula is C21H27NO3. The molecule has 0 atom stereocenters. The number of hydrogen-bond donors (Lipinski definition) is 1. The van der Waals surface area contributed by atoms with Gasteiger partial charge in [-0.25, -0.2) is 4.79 Å². The SMILES string of the molecule is Cc1ccc(C)c(C(=O)OCC(=O)NC23CC4CC(CC(C4)C2)C3)c1. The highest BCUT2D eigenvalue weighted by molar-refractivity contribution is 5.93. The Kier molecular flexibility index (Phi) is 4.09. The standard InChI is InChI=1S/C21H27NO3/c1-13-3-4-14(2)18(5-13)20(24)25-12-19(23)22-21-9-15-6-16(10-21)8-17(7-15)11-21/h3-5,15-17H,6-12H2,1-2H3,(H,22,23). The summed E-state index contributed by atoms with van der Waals surface area (Å²) in [5.41, 5.74) is 2.40. The molecule has 4 saturated carbocycles. The summed E-state index contributed by atoms with van der Waals surface area (Å²) >= 11 is 0. The summed E-state index contributed by atoms with van der Waals surface area (Å²) in [7, 11) is 0. The minimum absolute atomic E-state index is 0.0303. The Morgan fingerprint density at radius 1 is 1.08 bits per heavy atom. The number of carbonyl (C=O) groups excluding carboxylic acids is 2. The maximum Gasteiger partial charge on any atom is 0.338 e. The van der Waals surface area contributed by atoms with Crippen molar-refractivity contribution in [2.75, 3.05) is 6.61 Å². The first-order chi connectivity index (χ1) is 11.9. The van der Waals surface area contributed by atoms with E-state index in [-0.39, 0.29) is 18.1 Å². The average molecular weight is 341 g/mol. The summed E-state index contributed by atoms with van der Waals surface area (Å²) in [6.45, 7) is 3.63. The topological polar surface area (TPSA) is 55.4 Å². The summed E-state index contributed by atoms with van der Waals surface area (Å²) in [4.78, 5) is 24.7. The molecule has 5 rings (SSSR count). The molecule has 0 unspecified atom stereocenters. The minimum Gasteiger partial charge on any atom is -0.452 e. The molecule has 1 aromatic rings. The van der Waals surface area contributed by atoms with Gasteiger partial charge in [-0.2, -0.15) is 0 Å². The predicted molar refractivity (Wildman–Crippen MR) is 95.2 cm³/mol. The second kappa shape index (κ2) is 6.15. The first kappa shape index (κ1) is 16.6. The molecule has 4 nitrogen and oxygen atoms in total. The van der Waals surface area contributed by atoms with Crippen LogP contribution in [0.1, 0.15) is 60.0 Å². The fourth-order valence-corrected chi connectivity index (χ4v) is 5.76. The molecule has 134 valence electrons. The molecule has 4 heteroatoms. The Hall–Kier alpha value is -1.84. The van der Waals surface area contributed by atoms with E-state index < -0.39 is 5.97 Å². The average Bonchev–Trinajstić information content (AvgIpc) is 2.53. The maximum absolute atomic E-state index is 12.4. The number of aryl methyl sites for hydroxylation is 2. The highest BCUT2D eigenvalue weighted by Gasteiger charge is 2.51. The summed E-state index contributed by atoms with van der Waals surface area (Å²) < 4.78 is 5.29. The predicted octanol–water partition coefficient (Wildman–Crippen LogP) is 3.55. The third-order valence-electron chi connectivity index (χ3n) is 6.39. The fourth-order valence-electron chi connectivity index (χ4n) is 5.76. The lowest BCUT2D eigenvalue weighted by Gasteiger charge is -2.56. The first-order valence-corrected chi connectivity index (χ1v) is 9.48. The summed E-state index contributed by atoms with van der Waals surface area (Å²) in [5.74, 6) is 1.78. The Balaban J connectivity index is 1.35. The molecule has 4 bridgehead atoms. The van der Waals surface area contributed by atoms with Crippen LogP contribution >= 0.6 is 0 Å². The summed E-state index contributed by atoms with van der Waals surface area (Å²) in [6.07, 6.45) is 7.35. The molecule has 0 aliphatic heterocycles. The van der Waals surface area contributed by atoms with Gasteiger partial charge in [-0.15, -0.1) is 0 Å². The van der Waals surface area contributed by atoms with Gasteiger partial charge in [-0.1, -0.05) is 17.7 Å². The molecule has 0 radical (unpaired) electrons. The molecule has 4 aliphatic carbocycles. The molecule has 0 spiro atoms. The zero-order chi connectivity index (χ0) is 17.6. The second-order valence-electron chi connectivity index (χ2n) is 8.64. The van der Waals surface area contributed by atoms with Crippen LogP contribution in [0.2, 0.25) is 0 Å². The summed E-state index contributed by atoms with van der Waals surface area (Å²) in [6, 6.07) is 5.68. The maximum atomic E-state index is 12.4. The Bertz CT molecular complexity index is 674. The number of hydrogen-bond acceptors (Lipinski definition) is 3. The lowest BCUT2D eigenvalue weighted by molar-refractivity contribution is -0.130. The van der Waals surface area contributed by atoms with E-state index in [9.17, 15) is 9.59 Å². The van der Waals surface area contributed by atoms with E-state index in [0.29, 0.717) is 5.56 Å². The van der Waals surface area contributed by atoms with Gasteiger partial charge in [0.05, 0.1) is 5.56 Å². The van der Waals surface area contributed by atoms with Crippen molar-refractivity contribution >= 4 is 11.9 Å². The van der Waals surface area contributed by atoms with E-state index in [1.165, 1.54) is 19.3 Å². The minimum atomic E-state index is -0.415. The van der Waals surface area contributed by atoms with Crippen LogP contribution in [0.3, 0.4) is 0 Å². The van der Waals surface area contributed by atoms with Gasteiger partial charge in [-0.05, 0) is 81.8 Å². The van der Waals surface area contributed by atoms with E-state index in [4.69, 9.17) is 4.74 Å². The normalized spacial score (nSPS) is 32.5. The highest BCUT2D eigenvalue weighted by Crippen LogP contribution is 2.55. The van der Waals surface area contributed by atoms with Gasteiger partial charge in [0.2, 0.25) is 0 Å². The van der Waals surface area contributed by atoms with Crippen LogP contribution in [0, 0.1) is 31.6 Å². The molecule has 1 aromatic carbocycles. The number of amides is 1. The monoisotopic (exact) mass is 341 g/mol. The zero-order valence-electron chi connectivity index (χ0n) is 15.1. The number of ether oxygens (including phenoxy) is 1. The van der Waals surface area contributed by atoms with E-state index in [0.717, 1.165) is 48.1 Å². The Labute approximate surface area is 149 Å². The lowest BCUT2D eigenvalue weighted by Crippen LogP contribution is -2.60. The molecule has 1 N–H and O–H groups in total. The van der Waals surface area contributed by atoms with Crippen LogP contribution in [0.4, 0.5) is 0 Å². The van der Waals surface area contributed by atoms with Crippen LogP contribution < -0.4 is 5.32 Å². The van der Waals surface area contributed by atoms with Crippen molar-refractivity contribution in [3.05, 3.63) is 34.9 Å². The van der Waals surface area contributed by atoms with Gasteiger partial charge in [0.15, 0.2) is 6.61 Å². The van der Waals surface area contributed by atoms with E-state index in [2.05, 4.69) is 5.32 Å². The molecule has 0 saturated heterocycles. The van der Waals surface area contributed by atoms with Crippen molar-refractivity contribution < 1.29 is 14.3 Å². The number of esters is 1. The number of carbonyl (C=O) groups is 2. The van der Waals surface area contributed by atoms with Crippen LogP contribution in [0.25, 0.3) is 0 Å². The van der Waals surface area contributed by atoms with Crippen LogP contribution in [0.5, 0.6) is 0 Å². The van der Waals surface area contributed by atoms with Crippen molar-refractivity contribution in [2.24, 2.45) is 17.8 Å². The van der Waals surface area contributed by atoms with Crippen molar-refractivity contribution in [1.29, 1.82) is 0 Å². The Morgan fingerprint density at radius 3 is 2.28 bits per heavy atom. The molecule has 25 heavy (non-hydrogen) atoms.